The summed E-state index contributed by atoms with van der Waals surface area (Å²) in [6, 6.07) is 17.6. The highest BCUT2D eigenvalue weighted by atomic mass is 79.9. The maximum Gasteiger partial charge on any atom is 0.243 e. The van der Waals surface area contributed by atoms with Crippen LogP contribution in [0.2, 0.25) is 0 Å². The molecule has 156 valence electrons. The SMILES string of the molecule is Cc1ccc(CN(CC(=O)NCc2ccncc2)S(=O)(=O)c2ccc(Br)cc2)cc1. The smallest absolute Gasteiger partial charge is 0.243 e. The molecule has 3 rings (SSSR count). The molecule has 0 saturated heterocycles. The predicted molar refractivity (Wildman–Crippen MR) is 119 cm³/mol. The van der Waals surface area contributed by atoms with Crippen molar-refractivity contribution in [3.05, 3.63) is 94.2 Å². The summed E-state index contributed by atoms with van der Waals surface area (Å²) in [4.78, 5) is 16.6. The van der Waals surface area contributed by atoms with Gasteiger partial charge in [-0.2, -0.15) is 4.31 Å². The van der Waals surface area contributed by atoms with Crippen LogP contribution >= 0.6 is 15.9 Å². The fraction of sp³-hybridized carbons (Fsp3) is 0.182. The quantitative estimate of drug-likeness (QED) is 0.525. The van der Waals surface area contributed by atoms with Crippen LogP contribution in [0.3, 0.4) is 0 Å². The highest BCUT2D eigenvalue weighted by Gasteiger charge is 2.27. The average Bonchev–Trinajstić information content (AvgIpc) is 2.74. The molecule has 0 saturated carbocycles. The van der Waals surface area contributed by atoms with E-state index in [0.29, 0.717) is 6.54 Å². The van der Waals surface area contributed by atoms with Gasteiger partial charge in [0.15, 0.2) is 0 Å². The number of nitrogens with one attached hydrogen (secondary N) is 1. The monoisotopic (exact) mass is 487 g/mol. The number of hydrogen-bond acceptors (Lipinski definition) is 4. The molecule has 30 heavy (non-hydrogen) atoms. The molecule has 8 heteroatoms. The third-order valence-corrected chi connectivity index (χ3v) is 6.82. The van der Waals surface area contributed by atoms with Crippen molar-refractivity contribution < 1.29 is 13.2 Å². The van der Waals surface area contributed by atoms with Crippen LogP contribution in [-0.2, 0) is 27.9 Å². The summed E-state index contributed by atoms with van der Waals surface area (Å²) in [5, 5.41) is 2.78. The Kier molecular flexibility index (Phi) is 7.36. The Bertz CT molecular complexity index is 1090. The van der Waals surface area contributed by atoms with Gasteiger partial charge in [0.05, 0.1) is 11.4 Å². The number of aryl methyl sites for hydroxylation is 1. The maximum atomic E-state index is 13.2. The van der Waals surface area contributed by atoms with E-state index < -0.39 is 10.0 Å². The van der Waals surface area contributed by atoms with Gasteiger partial charge in [-0.1, -0.05) is 45.8 Å². The Morgan fingerprint density at radius 1 is 0.967 bits per heavy atom. The van der Waals surface area contributed by atoms with Gasteiger partial charge in [0, 0.05) is 30.0 Å². The summed E-state index contributed by atoms with van der Waals surface area (Å²) in [7, 11) is -3.86. The van der Waals surface area contributed by atoms with Crippen molar-refractivity contribution in [1.82, 2.24) is 14.6 Å². The molecule has 0 aliphatic carbocycles. The molecule has 6 nitrogen and oxygen atoms in total. The van der Waals surface area contributed by atoms with E-state index in [9.17, 15) is 13.2 Å². The van der Waals surface area contributed by atoms with Crippen LogP contribution in [-0.4, -0.2) is 30.2 Å². The lowest BCUT2D eigenvalue weighted by molar-refractivity contribution is -0.121. The van der Waals surface area contributed by atoms with E-state index in [1.165, 1.54) is 16.4 Å². The minimum atomic E-state index is -3.86. The summed E-state index contributed by atoms with van der Waals surface area (Å²) in [6.07, 6.45) is 3.28. The fourth-order valence-electron chi connectivity index (χ4n) is 2.80. The highest BCUT2D eigenvalue weighted by molar-refractivity contribution is 9.10. The summed E-state index contributed by atoms with van der Waals surface area (Å²) in [5.74, 6) is -0.375. The predicted octanol–water partition coefficient (Wildman–Crippen LogP) is 3.66. The lowest BCUT2D eigenvalue weighted by Gasteiger charge is -2.22. The molecular formula is C22H22BrN3O3S. The second-order valence-corrected chi connectivity index (χ2v) is 9.70. The number of carbonyl (C=O) groups is 1. The molecule has 0 atom stereocenters. The summed E-state index contributed by atoms with van der Waals surface area (Å²) in [6.45, 7) is 2.09. The number of amides is 1. The zero-order valence-corrected chi connectivity index (χ0v) is 18.9. The van der Waals surface area contributed by atoms with Crippen molar-refractivity contribution >= 4 is 31.9 Å². The highest BCUT2D eigenvalue weighted by Crippen LogP contribution is 2.21. The number of carbonyl (C=O) groups excluding carboxylic acids is 1. The standard InChI is InChI=1S/C22H22BrN3O3S/c1-17-2-4-19(5-3-17)15-26(30(28,29)21-8-6-20(23)7-9-21)16-22(27)25-14-18-10-12-24-13-11-18/h2-13H,14-16H2,1H3,(H,25,27). The van der Waals surface area contributed by atoms with Gasteiger partial charge in [0.25, 0.3) is 0 Å². The Morgan fingerprint density at radius 2 is 1.60 bits per heavy atom. The maximum absolute atomic E-state index is 13.2. The van der Waals surface area contributed by atoms with E-state index >= 15 is 0 Å². The van der Waals surface area contributed by atoms with Crippen molar-refractivity contribution in [3.8, 4) is 0 Å². The number of rotatable bonds is 8. The first-order valence-corrected chi connectivity index (χ1v) is 11.5. The minimum absolute atomic E-state index is 0.0986. The zero-order chi connectivity index (χ0) is 21.6. The first-order chi connectivity index (χ1) is 14.3. The summed E-state index contributed by atoms with van der Waals surface area (Å²) < 4.78 is 28.5. The molecule has 3 aromatic rings. The molecule has 0 spiro atoms. The van der Waals surface area contributed by atoms with Gasteiger partial charge < -0.3 is 5.32 Å². The summed E-state index contributed by atoms with van der Waals surface area (Å²) in [5.41, 5.74) is 2.78. The Hall–Kier alpha value is -2.55. The number of hydrogen-bond donors (Lipinski definition) is 1. The Balaban J connectivity index is 1.80. The second-order valence-electron chi connectivity index (χ2n) is 6.84. The van der Waals surface area contributed by atoms with E-state index in [0.717, 1.165) is 21.2 Å². The molecule has 1 heterocycles. The number of aromatic nitrogens is 1. The third kappa shape index (κ3) is 5.98. The molecule has 0 unspecified atom stereocenters. The molecule has 1 aromatic heterocycles. The number of halogens is 1. The number of sulfonamides is 1. The molecular weight excluding hydrogens is 466 g/mol. The zero-order valence-electron chi connectivity index (χ0n) is 16.5. The van der Waals surface area contributed by atoms with Crippen molar-refractivity contribution in [2.45, 2.75) is 24.9 Å². The van der Waals surface area contributed by atoms with Gasteiger partial charge in [-0.25, -0.2) is 8.42 Å². The number of pyridine rings is 1. The van der Waals surface area contributed by atoms with Crippen LogP contribution in [0.5, 0.6) is 0 Å². The van der Waals surface area contributed by atoms with Gasteiger partial charge in [-0.3, -0.25) is 9.78 Å². The van der Waals surface area contributed by atoms with Crippen LogP contribution in [0.25, 0.3) is 0 Å². The van der Waals surface area contributed by atoms with Gasteiger partial charge >= 0.3 is 0 Å². The van der Waals surface area contributed by atoms with Crippen molar-refractivity contribution in [1.29, 1.82) is 0 Å². The van der Waals surface area contributed by atoms with Crippen LogP contribution in [0, 0.1) is 6.92 Å². The topological polar surface area (TPSA) is 79.4 Å². The Morgan fingerprint density at radius 3 is 2.23 bits per heavy atom. The minimum Gasteiger partial charge on any atom is -0.351 e. The van der Waals surface area contributed by atoms with Gasteiger partial charge in [0.1, 0.15) is 0 Å². The van der Waals surface area contributed by atoms with Crippen LogP contribution in [0.1, 0.15) is 16.7 Å². The fourth-order valence-corrected chi connectivity index (χ4v) is 4.44. The van der Waals surface area contributed by atoms with Gasteiger partial charge in [-0.05, 0) is 54.4 Å². The molecule has 1 amide bonds. The molecule has 0 aliphatic rings. The number of benzene rings is 2. The summed E-state index contributed by atoms with van der Waals surface area (Å²) >= 11 is 3.32. The first-order valence-electron chi connectivity index (χ1n) is 9.31. The van der Waals surface area contributed by atoms with Crippen molar-refractivity contribution in [2.24, 2.45) is 0 Å². The van der Waals surface area contributed by atoms with E-state index in [2.05, 4.69) is 26.2 Å². The average molecular weight is 488 g/mol. The van der Waals surface area contributed by atoms with E-state index in [-0.39, 0.29) is 23.9 Å². The van der Waals surface area contributed by atoms with Crippen molar-refractivity contribution in [3.63, 3.8) is 0 Å². The molecule has 1 N–H and O–H groups in total. The van der Waals surface area contributed by atoms with E-state index in [1.807, 2.05) is 31.2 Å². The first kappa shape index (κ1) is 22.1. The van der Waals surface area contributed by atoms with Crippen LogP contribution < -0.4 is 5.32 Å². The lowest BCUT2D eigenvalue weighted by Crippen LogP contribution is -2.40. The van der Waals surface area contributed by atoms with Crippen molar-refractivity contribution in [2.75, 3.05) is 6.54 Å². The van der Waals surface area contributed by atoms with Crippen LogP contribution in [0.15, 0.2) is 82.4 Å². The van der Waals surface area contributed by atoms with Crippen LogP contribution in [0.4, 0.5) is 0 Å². The molecule has 0 fully saturated rings. The molecule has 0 bridgehead atoms. The molecule has 0 aliphatic heterocycles. The largest absolute Gasteiger partial charge is 0.351 e. The van der Waals surface area contributed by atoms with E-state index in [1.54, 1.807) is 36.7 Å². The molecule has 2 aromatic carbocycles. The third-order valence-electron chi connectivity index (χ3n) is 4.49. The van der Waals surface area contributed by atoms with Gasteiger partial charge in [-0.15, -0.1) is 0 Å². The number of nitrogens with zero attached hydrogens (tertiary/aromatic N) is 2. The lowest BCUT2D eigenvalue weighted by atomic mass is 10.1. The normalized spacial score (nSPS) is 11.4. The molecule has 0 radical (unpaired) electrons. The Labute approximate surface area is 185 Å². The van der Waals surface area contributed by atoms with E-state index in [4.69, 9.17) is 0 Å². The van der Waals surface area contributed by atoms with Gasteiger partial charge in [0.2, 0.25) is 15.9 Å². The second kappa shape index (κ2) is 9.97.